The first-order chi connectivity index (χ1) is 7.81. The minimum absolute atomic E-state index is 0.0387. The summed E-state index contributed by atoms with van der Waals surface area (Å²) in [7, 11) is 0. The molecular weight excluding hydrogens is 222 g/mol. The Morgan fingerprint density at radius 1 is 1.47 bits per heavy atom. The van der Waals surface area contributed by atoms with Gasteiger partial charge >= 0.3 is 5.97 Å². The van der Waals surface area contributed by atoms with Crippen LogP contribution < -0.4 is 10.5 Å². The third kappa shape index (κ3) is 3.96. The van der Waals surface area contributed by atoms with E-state index in [2.05, 4.69) is 0 Å². The predicted molar refractivity (Wildman–Crippen MR) is 64.2 cm³/mol. The van der Waals surface area contributed by atoms with Crippen LogP contribution in [0.2, 0.25) is 0 Å². The fourth-order valence-corrected chi connectivity index (χ4v) is 1.31. The Balaban J connectivity index is 2.78. The van der Waals surface area contributed by atoms with Gasteiger partial charge in [-0.05, 0) is 26.0 Å². The number of nitrogen functional groups attached to an aromatic ring is 1. The van der Waals surface area contributed by atoms with E-state index < -0.39 is 11.6 Å². The summed E-state index contributed by atoms with van der Waals surface area (Å²) in [5.41, 5.74) is 4.85. The van der Waals surface area contributed by atoms with E-state index in [-0.39, 0.29) is 23.6 Å². The average Bonchev–Trinajstić information content (AvgIpc) is 2.14. The Morgan fingerprint density at radius 2 is 2.12 bits per heavy atom. The van der Waals surface area contributed by atoms with Crippen LogP contribution in [0.5, 0.6) is 5.75 Å². The zero-order valence-corrected chi connectivity index (χ0v) is 9.93. The number of anilines is 1. The number of benzene rings is 1. The summed E-state index contributed by atoms with van der Waals surface area (Å²) < 4.78 is 5.33. The van der Waals surface area contributed by atoms with Crippen LogP contribution in [0, 0.1) is 0 Å². The fraction of sp³-hybridized carbons (Fsp3) is 0.417. The Morgan fingerprint density at radius 3 is 2.65 bits per heavy atom. The first-order valence-electron chi connectivity index (χ1n) is 5.28. The second-order valence-corrected chi connectivity index (χ2v) is 4.44. The number of rotatable bonds is 5. The van der Waals surface area contributed by atoms with E-state index in [0.717, 1.165) is 0 Å². The van der Waals surface area contributed by atoms with Gasteiger partial charge in [-0.15, -0.1) is 0 Å². The van der Waals surface area contributed by atoms with E-state index in [1.807, 2.05) is 0 Å². The maximum atomic E-state index is 11.0. The molecule has 0 bridgehead atoms. The molecule has 0 aromatic heterocycles. The molecule has 0 aliphatic heterocycles. The normalized spacial score (nSPS) is 11.2. The molecule has 0 saturated heterocycles. The van der Waals surface area contributed by atoms with Gasteiger partial charge in [0.25, 0.3) is 0 Å². The standard InChI is InChI=1S/C12H17NO4/c1-12(2,16)6-7-17-9-5-3-4-8(13)10(9)11(14)15/h3-5,16H,6-7,13H2,1-2H3,(H,14,15). The summed E-state index contributed by atoms with van der Waals surface area (Å²) in [6.07, 6.45) is 0.404. The van der Waals surface area contributed by atoms with Crippen LogP contribution in [0.4, 0.5) is 5.69 Å². The number of carboxylic acids is 1. The molecule has 5 nitrogen and oxygen atoms in total. The highest BCUT2D eigenvalue weighted by Crippen LogP contribution is 2.24. The Bertz CT molecular complexity index is 409. The zero-order valence-electron chi connectivity index (χ0n) is 9.93. The highest BCUT2D eigenvalue weighted by Gasteiger charge is 2.17. The molecule has 17 heavy (non-hydrogen) atoms. The summed E-state index contributed by atoms with van der Waals surface area (Å²) >= 11 is 0. The van der Waals surface area contributed by atoms with Crippen LogP contribution in [0.15, 0.2) is 18.2 Å². The first-order valence-corrected chi connectivity index (χ1v) is 5.28. The number of carboxylic acid groups (broad SMARTS) is 1. The summed E-state index contributed by atoms with van der Waals surface area (Å²) in [5.74, 6) is -0.900. The molecule has 0 saturated carbocycles. The molecule has 0 fully saturated rings. The molecule has 1 aromatic carbocycles. The van der Waals surface area contributed by atoms with E-state index >= 15 is 0 Å². The molecule has 0 aliphatic rings. The molecule has 1 aromatic rings. The van der Waals surface area contributed by atoms with E-state index in [1.54, 1.807) is 26.0 Å². The van der Waals surface area contributed by atoms with Crippen molar-refractivity contribution < 1.29 is 19.7 Å². The van der Waals surface area contributed by atoms with E-state index in [0.29, 0.717) is 6.42 Å². The topological polar surface area (TPSA) is 92.8 Å². The minimum Gasteiger partial charge on any atom is -0.492 e. The first kappa shape index (κ1) is 13.3. The molecule has 0 unspecified atom stereocenters. The smallest absolute Gasteiger partial charge is 0.341 e. The van der Waals surface area contributed by atoms with Crippen molar-refractivity contribution in [3.05, 3.63) is 23.8 Å². The van der Waals surface area contributed by atoms with Gasteiger partial charge in [-0.3, -0.25) is 0 Å². The number of hydrogen-bond acceptors (Lipinski definition) is 4. The number of ether oxygens (including phenoxy) is 1. The number of carbonyl (C=O) groups is 1. The Hall–Kier alpha value is -1.75. The Kier molecular flexibility index (Phi) is 3.96. The largest absolute Gasteiger partial charge is 0.492 e. The number of aromatic carboxylic acids is 1. The van der Waals surface area contributed by atoms with E-state index in [9.17, 15) is 9.90 Å². The van der Waals surface area contributed by atoms with Gasteiger partial charge in [-0.2, -0.15) is 0 Å². The number of aliphatic hydroxyl groups is 1. The monoisotopic (exact) mass is 239 g/mol. The van der Waals surface area contributed by atoms with Gasteiger partial charge < -0.3 is 20.7 Å². The number of hydrogen-bond donors (Lipinski definition) is 3. The highest BCUT2D eigenvalue weighted by molar-refractivity contribution is 5.96. The molecule has 0 spiro atoms. The molecule has 0 amide bonds. The summed E-state index contributed by atoms with van der Waals surface area (Å²) in [6, 6.07) is 4.68. The Labute approximate surface area is 99.8 Å². The molecule has 0 atom stereocenters. The maximum absolute atomic E-state index is 11.0. The van der Waals surface area contributed by atoms with Crippen LogP contribution in [-0.2, 0) is 0 Å². The predicted octanol–water partition coefficient (Wildman–Crippen LogP) is 1.51. The van der Waals surface area contributed by atoms with Crippen molar-refractivity contribution in [2.75, 3.05) is 12.3 Å². The molecule has 4 N–H and O–H groups in total. The lowest BCUT2D eigenvalue weighted by atomic mass is 10.1. The van der Waals surface area contributed by atoms with Gasteiger partial charge in [-0.25, -0.2) is 4.79 Å². The highest BCUT2D eigenvalue weighted by atomic mass is 16.5. The fourth-order valence-electron chi connectivity index (χ4n) is 1.31. The third-order valence-corrected chi connectivity index (χ3v) is 2.24. The van der Waals surface area contributed by atoms with Crippen molar-refractivity contribution in [3.8, 4) is 5.75 Å². The van der Waals surface area contributed by atoms with E-state index in [1.165, 1.54) is 6.07 Å². The average molecular weight is 239 g/mol. The molecule has 5 heteroatoms. The van der Waals surface area contributed by atoms with Gasteiger partial charge in [0.05, 0.1) is 12.2 Å². The molecular formula is C12H17NO4. The molecule has 1 rings (SSSR count). The van der Waals surface area contributed by atoms with Crippen molar-refractivity contribution in [2.45, 2.75) is 25.9 Å². The van der Waals surface area contributed by atoms with Crippen LogP contribution in [-0.4, -0.2) is 28.4 Å². The van der Waals surface area contributed by atoms with Gasteiger partial charge in [0.1, 0.15) is 11.3 Å². The van der Waals surface area contributed by atoms with Crippen LogP contribution >= 0.6 is 0 Å². The van der Waals surface area contributed by atoms with E-state index in [4.69, 9.17) is 15.6 Å². The van der Waals surface area contributed by atoms with Gasteiger partial charge in [0, 0.05) is 12.1 Å². The molecule has 94 valence electrons. The van der Waals surface area contributed by atoms with Crippen molar-refractivity contribution in [2.24, 2.45) is 0 Å². The lowest BCUT2D eigenvalue weighted by Crippen LogP contribution is -2.22. The van der Waals surface area contributed by atoms with Gasteiger partial charge in [-0.1, -0.05) is 6.07 Å². The van der Waals surface area contributed by atoms with Crippen molar-refractivity contribution >= 4 is 11.7 Å². The lowest BCUT2D eigenvalue weighted by Gasteiger charge is -2.18. The summed E-state index contributed by atoms with van der Waals surface area (Å²) in [5, 5.41) is 18.5. The van der Waals surface area contributed by atoms with Crippen molar-refractivity contribution in [1.29, 1.82) is 0 Å². The van der Waals surface area contributed by atoms with Crippen LogP contribution in [0.3, 0.4) is 0 Å². The second-order valence-electron chi connectivity index (χ2n) is 4.44. The van der Waals surface area contributed by atoms with Gasteiger partial charge in [0.15, 0.2) is 0 Å². The quantitative estimate of drug-likeness (QED) is 0.677. The maximum Gasteiger partial charge on any atom is 0.341 e. The second kappa shape index (κ2) is 5.05. The van der Waals surface area contributed by atoms with Crippen molar-refractivity contribution in [3.63, 3.8) is 0 Å². The van der Waals surface area contributed by atoms with Crippen molar-refractivity contribution in [1.82, 2.24) is 0 Å². The van der Waals surface area contributed by atoms with Gasteiger partial charge in [0.2, 0.25) is 0 Å². The lowest BCUT2D eigenvalue weighted by molar-refractivity contribution is 0.0549. The minimum atomic E-state index is -1.12. The molecule has 0 aliphatic carbocycles. The van der Waals surface area contributed by atoms with Crippen LogP contribution in [0.1, 0.15) is 30.6 Å². The zero-order chi connectivity index (χ0) is 13.1. The number of nitrogens with two attached hydrogens (primary N) is 1. The molecule has 0 heterocycles. The summed E-state index contributed by atoms with van der Waals surface area (Å²) in [6.45, 7) is 3.55. The third-order valence-electron chi connectivity index (χ3n) is 2.24. The molecule has 0 radical (unpaired) electrons. The van der Waals surface area contributed by atoms with Crippen LogP contribution in [0.25, 0.3) is 0 Å². The summed E-state index contributed by atoms with van der Waals surface area (Å²) in [4.78, 5) is 11.0. The SMILES string of the molecule is CC(C)(O)CCOc1cccc(N)c1C(=O)O.